The van der Waals surface area contributed by atoms with Crippen LogP contribution in [0.1, 0.15) is 43.0 Å². The molecule has 1 fully saturated rings. The molecule has 3 nitrogen and oxygen atoms in total. The Morgan fingerprint density at radius 2 is 2.00 bits per heavy atom. The van der Waals surface area contributed by atoms with Crippen molar-refractivity contribution in [3.05, 3.63) is 29.8 Å². The number of nitrogens with zero attached hydrogens (tertiary/aromatic N) is 1. The molecule has 0 spiro atoms. The van der Waals surface area contributed by atoms with Gasteiger partial charge in [-0.25, -0.2) is 0 Å². The van der Waals surface area contributed by atoms with E-state index in [1.54, 1.807) is 0 Å². The molecular formula is C16H24N2O. The highest BCUT2D eigenvalue weighted by Gasteiger charge is 2.21. The molecule has 1 saturated carbocycles. The van der Waals surface area contributed by atoms with E-state index in [0.717, 1.165) is 36.7 Å². The van der Waals surface area contributed by atoms with Crippen LogP contribution in [0.2, 0.25) is 0 Å². The summed E-state index contributed by atoms with van der Waals surface area (Å²) in [6.07, 6.45) is 4.98. The predicted molar refractivity (Wildman–Crippen MR) is 79.5 cm³/mol. The predicted octanol–water partition coefficient (Wildman–Crippen LogP) is 3.38. The largest absolute Gasteiger partial charge is 0.385 e. The molecule has 104 valence electrons. The number of benzene rings is 1. The lowest BCUT2D eigenvalue weighted by Gasteiger charge is -2.30. The zero-order valence-electron chi connectivity index (χ0n) is 12.0. The Balaban J connectivity index is 1.90. The van der Waals surface area contributed by atoms with Crippen LogP contribution in [0.25, 0.3) is 0 Å². The van der Waals surface area contributed by atoms with Crippen molar-refractivity contribution in [1.29, 1.82) is 0 Å². The van der Waals surface area contributed by atoms with Crippen molar-refractivity contribution in [3.63, 3.8) is 0 Å². The molecule has 0 saturated heterocycles. The second-order valence-electron chi connectivity index (χ2n) is 5.49. The molecule has 0 radical (unpaired) electrons. The Kier molecular flexibility index (Phi) is 4.83. The van der Waals surface area contributed by atoms with Crippen LogP contribution < -0.4 is 5.32 Å². The van der Waals surface area contributed by atoms with E-state index in [9.17, 15) is 4.79 Å². The minimum atomic E-state index is 0.133. The van der Waals surface area contributed by atoms with E-state index in [4.69, 9.17) is 0 Å². The van der Waals surface area contributed by atoms with Gasteiger partial charge in [-0.05, 0) is 49.4 Å². The van der Waals surface area contributed by atoms with Gasteiger partial charge in [0.2, 0.25) is 0 Å². The summed E-state index contributed by atoms with van der Waals surface area (Å²) < 4.78 is 0. The van der Waals surface area contributed by atoms with Crippen molar-refractivity contribution in [2.75, 3.05) is 25.5 Å². The summed E-state index contributed by atoms with van der Waals surface area (Å²) >= 11 is 0. The van der Waals surface area contributed by atoms with Crippen LogP contribution in [-0.4, -0.2) is 30.9 Å². The van der Waals surface area contributed by atoms with Crippen LogP contribution in [0.3, 0.4) is 0 Å². The first-order valence-corrected chi connectivity index (χ1v) is 7.30. The number of anilines is 1. The Morgan fingerprint density at radius 3 is 2.53 bits per heavy atom. The third-order valence-electron chi connectivity index (χ3n) is 3.81. The van der Waals surface area contributed by atoms with Gasteiger partial charge in [0.15, 0.2) is 0 Å². The van der Waals surface area contributed by atoms with Gasteiger partial charge in [0.1, 0.15) is 0 Å². The van der Waals surface area contributed by atoms with Crippen LogP contribution in [0, 0.1) is 5.92 Å². The monoisotopic (exact) mass is 260 g/mol. The van der Waals surface area contributed by atoms with Crippen molar-refractivity contribution in [1.82, 2.24) is 4.90 Å². The number of carbonyl (C=O) groups excluding carboxylic acids is 1. The van der Waals surface area contributed by atoms with Crippen molar-refractivity contribution in [2.45, 2.75) is 32.6 Å². The van der Waals surface area contributed by atoms with Gasteiger partial charge in [-0.2, -0.15) is 0 Å². The maximum atomic E-state index is 12.3. The molecule has 1 aromatic rings. The molecule has 0 aliphatic heterocycles. The summed E-state index contributed by atoms with van der Waals surface area (Å²) in [7, 11) is 1.91. The summed E-state index contributed by atoms with van der Waals surface area (Å²) in [6, 6.07) is 7.80. The molecule has 1 aromatic carbocycles. The van der Waals surface area contributed by atoms with Crippen molar-refractivity contribution >= 4 is 11.6 Å². The van der Waals surface area contributed by atoms with Gasteiger partial charge < -0.3 is 10.2 Å². The number of hydrogen-bond acceptors (Lipinski definition) is 2. The zero-order chi connectivity index (χ0) is 13.7. The minimum Gasteiger partial charge on any atom is -0.385 e. The van der Waals surface area contributed by atoms with Crippen molar-refractivity contribution < 1.29 is 4.79 Å². The molecule has 2 rings (SSSR count). The van der Waals surface area contributed by atoms with Crippen molar-refractivity contribution in [3.8, 4) is 0 Å². The first kappa shape index (κ1) is 13.9. The average molecular weight is 260 g/mol. The van der Waals surface area contributed by atoms with E-state index >= 15 is 0 Å². The maximum absolute atomic E-state index is 12.3. The number of rotatable bonds is 6. The van der Waals surface area contributed by atoms with E-state index < -0.39 is 0 Å². The van der Waals surface area contributed by atoms with Gasteiger partial charge in [-0.15, -0.1) is 0 Å². The molecule has 0 bridgehead atoms. The topological polar surface area (TPSA) is 32.3 Å². The smallest absolute Gasteiger partial charge is 0.253 e. The van der Waals surface area contributed by atoms with Crippen LogP contribution in [0.4, 0.5) is 5.69 Å². The van der Waals surface area contributed by atoms with E-state index in [1.165, 1.54) is 19.3 Å². The molecule has 0 unspecified atom stereocenters. The first-order valence-electron chi connectivity index (χ1n) is 7.30. The van der Waals surface area contributed by atoms with E-state index in [0.29, 0.717) is 0 Å². The molecule has 0 aromatic heterocycles. The van der Waals surface area contributed by atoms with Crippen LogP contribution in [-0.2, 0) is 0 Å². The fourth-order valence-electron chi connectivity index (χ4n) is 2.37. The Bertz CT molecular complexity index is 409. The summed E-state index contributed by atoms with van der Waals surface area (Å²) in [5, 5.41) is 3.32. The second-order valence-corrected chi connectivity index (χ2v) is 5.49. The molecular weight excluding hydrogens is 236 g/mol. The number of amides is 1. The average Bonchev–Trinajstić information content (AvgIpc) is 2.40. The number of carbonyl (C=O) groups is 1. The molecule has 1 aliphatic rings. The lowest BCUT2D eigenvalue weighted by Crippen LogP contribution is -2.34. The van der Waals surface area contributed by atoms with Gasteiger partial charge in [0.05, 0.1) is 0 Å². The highest BCUT2D eigenvalue weighted by molar-refractivity contribution is 5.94. The lowest BCUT2D eigenvalue weighted by atomic mass is 9.85. The fraction of sp³-hybridized carbons (Fsp3) is 0.562. The normalized spacial score (nSPS) is 14.8. The van der Waals surface area contributed by atoms with Gasteiger partial charge in [-0.3, -0.25) is 4.79 Å². The van der Waals surface area contributed by atoms with Gasteiger partial charge in [0, 0.05) is 31.4 Å². The molecule has 1 aliphatic carbocycles. The summed E-state index contributed by atoms with van der Waals surface area (Å²) in [5.74, 6) is 0.855. The molecule has 19 heavy (non-hydrogen) atoms. The Morgan fingerprint density at radius 1 is 1.32 bits per heavy atom. The lowest BCUT2D eigenvalue weighted by molar-refractivity contribution is 0.0745. The first-order chi connectivity index (χ1) is 9.20. The standard InChI is InChI=1S/C16H24N2O/c1-3-11-17-15-9-7-14(8-10-15)16(19)18(2)12-13-5-4-6-13/h7-10,13,17H,3-6,11-12H2,1-2H3. The van der Waals surface area contributed by atoms with Crippen LogP contribution in [0.5, 0.6) is 0 Å². The van der Waals surface area contributed by atoms with Gasteiger partial charge in [0.25, 0.3) is 5.91 Å². The van der Waals surface area contributed by atoms with Gasteiger partial charge >= 0.3 is 0 Å². The van der Waals surface area contributed by atoms with Gasteiger partial charge in [-0.1, -0.05) is 13.3 Å². The molecule has 1 amide bonds. The number of nitrogens with one attached hydrogen (secondary N) is 1. The quantitative estimate of drug-likeness (QED) is 0.850. The Labute approximate surface area is 116 Å². The summed E-state index contributed by atoms with van der Waals surface area (Å²) in [5.41, 5.74) is 1.86. The number of hydrogen-bond donors (Lipinski definition) is 1. The maximum Gasteiger partial charge on any atom is 0.253 e. The minimum absolute atomic E-state index is 0.133. The van der Waals surface area contributed by atoms with E-state index in [2.05, 4.69) is 12.2 Å². The van der Waals surface area contributed by atoms with E-state index in [-0.39, 0.29) is 5.91 Å². The molecule has 1 N–H and O–H groups in total. The molecule has 3 heteroatoms. The molecule has 0 heterocycles. The highest BCUT2D eigenvalue weighted by atomic mass is 16.2. The summed E-state index contributed by atoms with van der Waals surface area (Å²) in [4.78, 5) is 14.1. The second kappa shape index (κ2) is 6.60. The van der Waals surface area contributed by atoms with Crippen LogP contribution in [0.15, 0.2) is 24.3 Å². The third-order valence-corrected chi connectivity index (χ3v) is 3.81. The summed E-state index contributed by atoms with van der Waals surface area (Å²) in [6.45, 7) is 4.00. The third kappa shape index (κ3) is 3.72. The van der Waals surface area contributed by atoms with Crippen molar-refractivity contribution in [2.24, 2.45) is 5.92 Å². The zero-order valence-corrected chi connectivity index (χ0v) is 12.0. The SMILES string of the molecule is CCCNc1ccc(C(=O)N(C)CC2CCC2)cc1. The molecule has 0 atom stereocenters. The fourth-order valence-corrected chi connectivity index (χ4v) is 2.37. The van der Waals surface area contributed by atoms with Crippen LogP contribution >= 0.6 is 0 Å². The van der Waals surface area contributed by atoms with E-state index in [1.807, 2.05) is 36.2 Å². The highest BCUT2D eigenvalue weighted by Crippen LogP contribution is 2.27. The Hall–Kier alpha value is -1.51.